The second-order valence-corrected chi connectivity index (χ2v) is 3.77. The number of hydrogen-bond acceptors (Lipinski definition) is 4. The first-order valence-electron chi connectivity index (χ1n) is 5.05. The van der Waals surface area contributed by atoms with Gasteiger partial charge in [-0.2, -0.15) is 0 Å². The van der Waals surface area contributed by atoms with Crippen molar-refractivity contribution in [3.8, 4) is 0 Å². The molecule has 0 spiro atoms. The first-order valence-corrected chi connectivity index (χ1v) is 5.05. The van der Waals surface area contributed by atoms with Crippen LogP contribution in [0.15, 0.2) is 18.2 Å². The molecule has 0 bridgehead atoms. The number of hydrogen-bond donors (Lipinski definition) is 2. The van der Waals surface area contributed by atoms with Gasteiger partial charge in [0.15, 0.2) is 0 Å². The maximum Gasteiger partial charge on any atom is 0.354 e. The molecule has 0 saturated carbocycles. The van der Waals surface area contributed by atoms with Crippen LogP contribution in [0, 0.1) is 0 Å². The Kier molecular flexibility index (Phi) is 4.39. The van der Waals surface area contributed by atoms with Gasteiger partial charge in [0.25, 0.3) is 0 Å². The molecule has 0 aliphatic heterocycles. The molecule has 5 nitrogen and oxygen atoms in total. The Morgan fingerprint density at radius 3 is 2.81 bits per heavy atom. The normalized spacial score (nSPS) is 12.8. The zero-order chi connectivity index (χ0) is 12.1. The highest BCUT2D eigenvalue weighted by molar-refractivity contribution is 5.85. The first-order chi connectivity index (χ1) is 7.54. The van der Waals surface area contributed by atoms with E-state index < -0.39 is 5.97 Å². The Labute approximate surface area is 94.4 Å². The van der Waals surface area contributed by atoms with Gasteiger partial charge < -0.3 is 10.2 Å². The van der Waals surface area contributed by atoms with Crippen molar-refractivity contribution in [2.45, 2.75) is 19.5 Å². The minimum absolute atomic E-state index is 0.0234. The van der Waals surface area contributed by atoms with Crippen LogP contribution in [0.5, 0.6) is 0 Å². The first kappa shape index (κ1) is 12.6. The molecular weight excluding hydrogens is 208 g/mol. The van der Waals surface area contributed by atoms with Gasteiger partial charge in [0.2, 0.25) is 0 Å². The molecule has 0 aliphatic rings. The Bertz CT molecular complexity index is 368. The third-order valence-electron chi connectivity index (χ3n) is 2.45. The van der Waals surface area contributed by atoms with Crippen molar-refractivity contribution in [2.75, 3.05) is 13.7 Å². The number of aliphatic hydroxyl groups is 1. The van der Waals surface area contributed by atoms with Gasteiger partial charge in [0.05, 0.1) is 12.3 Å². The molecule has 2 N–H and O–H groups in total. The van der Waals surface area contributed by atoms with E-state index in [1.54, 1.807) is 12.1 Å². The highest BCUT2D eigenvalue weighted by Crippen LogP contribution is 2.05. The third-order valence-corrected chi connectivity index (χ3v) is 2.45. The van der Waals surface area contributed by atoms with E-state index in [0.717, 1.165) is 0 Å². The number of likely N-dealkylation sites (N-methyl/N-ethyl adjacent to an activating group) is 1. The number of carboxylic acid groups (broad SMARTS) is 1. The maximum atomic E-state index is 10.7. The van der Waals surface area contributed by atoms with Crippen molar-refractivity contribution in [3.63, 3.8) is 0 Å². The van der Waals surface area contributed by atoms with Crippen molar-refractivity contribution < 1.29 is 15.0 Å². The van der Waals surface area contributed by atoms with Gasteiger partial charge in [0.1, 0.15) is 5.69 Å². The van der Waals surface area contributed by atoms with Crippen LogP contribution in [0.3, 0.4) is 0 Å². The molecule has 1 unspecified atom stereocenters. The Hall–Kier alpha value is -1.46. The summed E-state index contributed by atoms with van der Waals surface area (Å²) < 4.78 is 0. The summed E-state index contributed by atoms with van der Waals surface area (Å²) in [5, 5.41) is 17.8. The number of aromatic carboxylic acids is 1. The molecular formula is C11H16N2O3. The third kappa shape index (κ3) is 3.29. The Balaban J connectivity index is 2.74. The van der Waals surface area contributed by atoms with E-state index in [4.69, 9.17) is 10.2 Å². The zero-order valence-electron chi connectivity index (χ0n) is 9.42. The van der Waals surface area contributed by atoms with E-state index in [0.29, 0.717) is 12.2 Å². The summed E-state index contributed by atoms with van der Waals surface area (Å²) in [4.78, 5) is 16.6. The molecule has 1 atom stereocenters. The summed E-state index contributed by atoms with van der Waals surface area (Å²) in [6.07, 6.45) is 0. The Morgan fingerprint density at radius 1 is 1.56 bits per heavy atom. The lowest BCUT2D eigenvalue weighted by atomic mass is 10.2. The van der Waals surface area contributed by atoms with E-state index in [-0.39, 0.29) is 18.3 Å². The predicted octanol–water partition coefficient (Wildman–Crippen LogP) is 0.592. The number of carboxylic acids is 1. The summed E-state index contributed by atoms with van der Waals surface area (Å²) in [5.74, 6) is -1.03. The van der Waals surface area contributed by atoms with E-state index in [1.165, 1.54) is 6.07 Å². The number of aromatic nitrogens is 1. The van der Waals surface area contributed by atoms with Crippen molar-refractivity contribution >= 4 is 5.97 Å². The number of carbonyl (C=O) groups is 1. The van der Waals surface area contributed by atoms with Crippen LogP contribution >= 0.6 is 0 Å². The minimum Gasteiger partial charge on any atom is -0.477 e. The number of nitrogens with zero attached hydrogens (tertiary/aromatic N) is 2. The fourth-order valence-electron chi connectivity index (χ4n) is 1.24. The summed E-state index contributed by atoms with van der Waals surface area (Å²) >= 11 is 0. The number of aliphatic hydroxyl groups excluding tert-OH is 1. The van der Waals surface area contributed by atoms with Crippen LogP contribution in [0.2, 0.25) is 0 Å². The van der Waals surface area contributed by atoms with Gasteiger partial charge in [0, 0.05) is 12.6 Å². The van der Waals surface area contributed by atoms with Gasteiger partial charge >= 0.3 is 5.97 Å². The lowest BCUT2D eigenvalue weighted by Crippen LogP contribution is -2.31. The van der Waals surface area contributed by atoms with E-state index in [1.807, 2.05) is 18.9 Å². The van der Waals surface area contributed by atoms with Gasteiger partial charge in [-0.05, 0) is 26.1 Å². The highest BCUT2D eigenvalue weighted by atomic mass is 16.4. The molecule has 0 saturated heterocycles. The molecule has 0 aliphatic carbocycles. The predicted molar refractivity (Wildman–Crippen MR) is 59.2 cm³/mol. The second kappa shape index (κ2) is 5.58. The molecule has 0 aromatic carbocycles. The fraction of sp³-hybridized carbons (Fsp3) is 0.455. The monoisotopic (exact) mass is 224 g/mol. The molecule has 5 heteroatoms. The van der Waals surface area contributed by atoms with Crippen LogP contribution in [-0.4, -0.2) is 45.8 Å². The van der Waals surface area contributed by atoms with Crippen LogP contribution in [0.4, 0.5) is 0 Å². The van der Waals surface area contributed by atoms with Gasteiger partial charge in [-0.3, -0.25) is 4.90 Å². The summed E-state index contributed by atoms with van der Waals surface area (Å²) in [5.41, 5.74) is 0.727. The van der Waals surface area contributed by atoms with Crippen LogP contribution in [-0.2, 0) is 6.54 Å². The molecule has 1 aromatic heterocycles. The SMILES string of the molecule is CC(CO)N(C)Cc1cccc(C(=O)O)n1. The standard InChI is InChI=1S/C11H16N2O3/c1-8(7-14)13(2)6-9-4-3-5-10(12-9)11(15)16/h3-5,8,14H,6-7H2,1-2H3,(H,15,16). The number of pyridine rings is 1. The van der Waals surface area contributed by atoms with E-state index in [2.05, 4.69) is 4.98 Å². The van der Waals surface area contributed by atoms with Crippen LogP contribution < -0.4 is 0 Å². The molecule has 1 heterocycles. The molecule has 1 rings (SSSR count). The summed E-state index contributed by atoms with van der Waals surface area (Å²) in [6, 6.07) is 4.92. The average molecular weight is 224 g/mol. The summed E-state index contributed by atoms with van der Waals surface area (Å²) in [6.45, 7) is 2.47. The van der Waals surface area contributed by atoms with E-state index >= 15 is 0 Å². The van der Waals surface area contributed by atoms with Gasteiger partial charge in [-0.25, -0.2) is 9.78 Å². The molecule has 0 fully saturated rings. The van der Waals surface area contributed by atoms with Crippen molar-refractivity contribution in [2.24, 2.45) is 0 Å². The summed E-state index contributed by atoms with van der Waals surface area (Å²) in [7, 11) is 1.86. The van der Waals surface area contributed by atoms with Crippen LogP contribution in [0.1, 0.15) is 23.1 Å². The molecule has 0 amide bonds. The molecule has 16 heavy (non-hydrogen) atoms. The smallest absolute Gasteiger partial charge is 0.354 e. The van der Waals surface area contributed by atoms with Crippen molar-refractivity contribution in [3.05, 3.63) is 29.6 Å². The zero-order valence-corrected chi connectivity index (χ0v) is 9.42. The molecule has 0 radical (unpaired) electrons. The highest BCUT2D eigenvalue weighted by Gasteiger charge is 2.10. The number of rotatable bonds is 5. The van der Waals surface area contributed by atoms with Crippen molar-refractivity contribution in [1.82, 2.24) is 9.88 Å². The quantitative estimate of drug-likeness (QED) is 0.765. The second-order valence-electron chi connectivity index (χ2n) is 3.77. The van der Waals surface area contributed by atoms with Crippen molar-refractivity contribution in [1.29, 1.82) is 0 Å². The van der Waals surface area contributed by atoms with Gasteiger partial charge in [-0.1, -0.05) is 6.07 Å². The lowest BCUT2D eigenvalue weighted by molar-refractivity contribution is 0.0689. The van der Waals surface area contributed by atoms with Crippen LogP contribution in [0.25, 0.3) is 0 Å². The minimum atomic E-state index is -1.03. The lowest BCUT2D eigenvalue weighted by Gasteiger charge is -2.22. The van der Waals surface area contributed by atoms with Gasteiger partial charge in [-0.15, -0.1) is 0 Å². The largest absolute Gasteiger partial charge is 0.477 e. The molecule has 88 valence electrons. The maximum absolute atomic E-state index is 10.7. The molecule has 1 aromatic rings. The average Bonchev–Trinajstić information content (AvgIpc) is 2.28. The topological polar surface area (TPSA) is 73.7 Å². The fourth-order valence-corrected chi connectivity index (χ4v) is 1.24. The Morgan fingerprint density at radius 2 is 2.25 bits per heavy atom. The van der Waals surface area contributed by atoms with E-state index in [9.17, 15) is 4.79 Å².